The van der Waals surface area contributed by atoms with Crippen LogP contribution in [-0.4, -0.2) is 28.1 Å². The van der Waals surface area contributed by atoms with Crippen molar-refractivity contribution in [3.8, 4) is 5.75 Å². The van der Waals surface area contributed by atoms with Crippen molar-refractivity contribution in [3.05, 3.63) is 60.4 Å². The molecule has 0 atom stereocenters. The molecule has 0 N–H and O–H groups in total. The lowest BCUT2D eigenvalue weighted by Gasteiger charge is -2.06. The van der Waals surface area contributed by atoms with E-state index >= 15 is 0 Å². The van der Waals surface area contributed by atoms with E-state index < -0.39 is 0 Å². The molecule has 3 rings (SSSR count). The second kappa shape index (κ2) is 7.24. The van der Waals surface area contributed by atoms with E-state index in [-0.39, 0.29) is 5.78 Å². The van der Waals surface area contributed by atoms with Gasteiger partial charge in [0.1, 0.15) is 17.1 Å². The third-order valence-corrected chi connectivity index (χ3v) is 4.34. The van der Waals surface area contributed by atoms with Crippen LogP contribution in [-0.2, 0) is 0 Å². The fourth-order valence-corrected chi connectivity index (χ4v) is 3.10. The van der Waals surface area contributed by atoms with Crippen LogP contribution in [0, 0.1) is 0 Å². The minimum atomic E-state index is 0.0701. The van der Waals surface area contributed by atoms with Gasteiger partial charge in [0, 0.05) is 10.9 Å². The molecule has 0 unspecified atom stereocenters. The molecular formula is C18H16N2O2S. The number of ether oxygens (including phenoxy) is 1. The van der Waals surface area contributed by atoms with Gasteiger partial charge in [-0.25, -0.2) is 9.97 Å². The van der Waals surface area contributed by atoms with Gasteiger partial charge >= 0.3 is 0 Å². The summed E-state index contributed by atoms with van der Waals surface area (Å²) >= 11 is 1.44. The molecule has 2 aromatic carbocycles. The van der Waals surface area contributed by atoms with E-state index in [9.17, 15) is 4.79 Å². The van der Waals surface area contributed by atoms with Crippen LogP contribution in [0.5, 0.6) is 5.75 Å². The summed E-state index contributed by atoms with van der Waals surface area (Å²) in [5.41, 5.74) is 1.57. The van der Waals surface area contributed by atoms with Crippen LogP contribution >= 0.6 is 11.8 Å². The summed E-state index contributed by atoms with van der Waals surface area (Å²) in [4.78, 5) is 20.8. The first-order chi connectivity index (χ1) is 11.3. The van der Waals surface area contributed by atoms with Gasteiger partial charge < -0.3 is 4.74 Å². The van der Waals surface area contributed by atoms with Crippen LogP contribution < -0.4 is 4.74 Å². The largest absolute Gasteiger partial charge is 0.494 e. The molecule has 0 aliphatic carbocycles. The zero-order chi connectivity index (χ0) is 16.1. The highest BCUT2D eigenvalue weighted by Crippen LogP contribution is 2.25. The van der Waals surface area contributed by atoms with Crippen LogP contribution in [0.15, 0.2) is 59.9 Å². The summed E-state index contributed by atoms with van der Waals surface area (Å²) in [5.74, 6) is 1.19. The first-order valence-corrected chi connectivity index (χ1v) is 8.35. The van der Waals surface area contributed by atoms with Gasteiger partial charge in [-0.1, -0.05) is 30.0 Å². The van der Waals surface area contributed by atoms with E-state index in [0.717, 1.165) is 21.7 Å². The molecule has 0 aliphatic heterocycles. The van der Waals surface area contributed by atoms with Crippen LogP contribution in [0.4, 0.5) is 0 Å². The third kappa shape index (κ3) is 3.68. The SMILES string of the molecule is CCOc1ccc(C(=O)CSc2ncnc3ccccc23)cc1. The molecular weight excluding hydrogens is 308 g/mol. The maximum absolute atomic E-state index is 12.3. The lowest BCUT2D eigenvalue weighted by atomic mass is 10.1. The molecule has 23 heavy (non-hydrogen) atoms. The summed E-state index contributed by atoms with van der Waals surface area (Å²) in [6.07, 6.45) is 1.53. The minimum absolute atomic E-state index is 0.0701. The van der Waals surface area contributed by atoms with E-state index in [1.54, 1.807) is 12.1 Å². The minimum Gasteiger partial charge on any atom is -0.494 e. The highest BCUT2D eigenvalue weighted by molar-refractivity contribution is 8.00. The number of Topliss-reactive ketones (excluding diaryl/α,β-unsaturated/α-hetero) is 1. The van der Waals surface area contributed by atoms with Gasteiger partial charge in [-0.2, -0.15) is 0 Å². The highest BCUT2D eigenvalue weighted by atomic mass is 32.2. The van der Waals surface area contributed by atoms with Crippen molar-refractivity contribution in [1.82, 2.24) is 9.97 Å². The molecule has 0 bridgehead atoms. The fourth-order valence-electron chi connectivity index (χ4n) is 2.22. The molecule has 0 radical (unpaired) electrons. The second-order valence-electron chi connectivity index (χ2n) is 4.87. The Morgan fingerprint density at radius 2 is 1.87 bits per heavy atom. The summed E-state index contributed by atoms with van der Waals surface area (Å²) in [6.45, 7) is 2.55. The van der Waals surface area contributed by atoms with Gasteiger partial charge in [0.2, 0.25) is 0 Å². The topological polar surface area (TPSA) is 52.1 Å². The first kappa shape index (κ1) is 15.5. The number of ketones is 1. The van der Waals surface area contributed by atoms with Crippen LogP contribution in [0.2, 0.25) is 0 Å². The molecule has 0 aliphatic rings. The molecule has 1 heterocycles. The monoisotopic (exact) mass is 324 g/mol. The van der Waals surface area contributed by atoms with E-state index in [1.807, 2.05) is 43.3 Å². The standard InChI is InChI=1S/C18H16N2O2S/c1-2-22-14-9-7-13(8-10-14)17(21)11-23-18-15-5-3-4-6-16(15)19-12-20-18/h3-10,12H,2,11H2,1H3. The number of carbonyl (C=O) groups is 1. The average Bonchev–Trinajstić information content (AvgIpc) is 2.60. The van der Waals surface area contributed by atoms with Gasteiger partial charge in [-0.15, -0.1) is 0 Å². The Morgan fingerprint density at radius 3 is 2.65 bits per heavy atom. The molecule has 0 saturated heterocycles. The Balaban J connectivity index is 1.70. The Hall–Kier alpha value is -2.40. The number of fused-ring (bicyclic) bond motifs is 1. The second-order valence-corrected chi connectivity index (χ2v) is 5.83. The van der Waals surface area contributed by atoms with E-state index in [0.29, 0.717) is 17.9 Å². The maximum atomic E-state index is 12.3. The molecule has 1 aromatic heterocycles. The zero-order valence-electron chi connectivity index (χ0n) is 12.7. The molecule has 5 heteroatoms. The Bertz CT molecular complexity index is 813. The van der Waals surface area contributed by atoms with E-state index in [1.165, 1.54) is 18.1 Å². The van der Waals surface area contributed by atoms with Crippen molar-refractivity contribution >= 4 is 28.4 Å². The number of benzene rings is 2. The smallest absolute Gasteiger partial charge is 0.173 e. The molecule has 116 valence electrons. The lowest BCUT2D eigenvalue weighted by Crippen LogP contribution is -2.03. The van der Waals surface area contributed by atoms with Gasteiger partial charge in [0.25, 0.3) is 0 Å². The average molecular weight is 324 g/mol. The van der Waals surface area contributed by atoms with E-state index in [2.05, 4.69) is 9.97 Å². The molecule has 0 saturated carbocycles. The first-order valence-electron chi connectivity index (χ1n) is 7.36. The van der Waals surface area contributed by atoms with Crippen molar-refractivity contribution in [2.24, 2.45) is 0 Å². The van der Waals surface area contributed by atoms with Crippen molar-refractivity contribution in [2.45, 2.75) is 11.9 Å². The third-order valence-electron chi connectivity index (χ3n) is 3.33. The van der Waals surface area contributed by atoms with Gasteiger partial charge in [-0.3, -0.25) is 4.79 Å². The van der Waals surface area contributed by atoms with Gasteiger partial charge in [0.15, 0.2) is 5.78 Å². The number of hydrogen-bond acceptors (Lipinski definition) is 5. The van der Waals surface area contributed by atoms with Crippen LogP contribution in [0.1, 0.15) is 17.3 Å². The number of aromatic nitrogens is 2. The van der Waals surface area contributed by atoms with Crippen molar-refractivity contribution < 1.29 is 9.53 Å². The van der Waals surface area contributed by atoms with Crippen molar-refractivity contribution in [3.63, 3.8) is 0 Å². The van der Waals surface area contributed by atoms with E-state index in [4.69, 9.17) is 4.74 Å². The number of thioether (sulfide) groups is 1. The summed E-state index contributed by atoms with van der Waals surface area (Å²) in [5, 5.41) is 1.80. The molecule has 0 spiro atoms. The molecule has 0 fully saturated rings. The molecule has 0 amide bonds. The Labute approximate surface area is 138 Å². The number of hydrogen-bond donors (Lipinski definition) is 0. The number of rotatable bonds is 6. The predicted molar refractivity (Wildman–Crippen MR) is 92.2 cm³/mol. The Morgan fingerprint density at radius 1 is 1.09 bits per heavy atom. The van der Waals surface area contributed by atoms with Crippen molar-refractivity contribution in [2.75, 3.05) is 12.4 Å². The number of carbonyl (C=O) groups excluding carboxylic acids is 1. The highest BCUT2D eigenvalue weighted by Gasteiger charge is 2.10. The molecule has 4 nitrogen and oxygen atoms in total. The summed E-state index contributed by atoms with van der Waals surface area (Å²) in [7, 11) is 0. The molecule has 3 aromatic rings. The fraction of sp³-hybridized carbons (Fsp3) is 0.167. The van der Waals surface area contributed by atoms with Crippen LogP contribution in [0.25, 0.3) is 10.9 Å². The van der Waals surface area contributed by atoms with Gasteiger partial charge in [0.05, 0.1) is 17.9 Å². The maximum Gasteiger partial charge on any atom is 0.173 e. The predicted octanol–water partition coefficient (Wildman–Crippen LogP) is 4.00. The Kier molecular flexibility index (Phi) is 4.88. The number of nitrogens with zero attached hydrogens (tertiary/aromatic N) is 2. The summed E-state index contributed by atoms with van der Waals surface area (Å²) < 4.78 is 5.38. The quantitative estimate of drug-likeness (QED) is 0.390. The normalized spacial score (nSPS) is 10.7. The van der Waals surface area contributed by atoms with Crippen LogP contribution in [0.3, 0.4) is 0 Å². The summed E-state index contributed by atoms with van der Waals surface area (Å²) in [6, 6.07) is 15.0. The van der Waals surface area contributed by atoms with Gasteiger partial charge in [-0.05, 0) is 37.3 Å². The zero-order valence-corrected chi connectivity index (χ0v) is 13.5. The van der Waals surface area contributed by atoms with Crippen molar-refractivity contribution in [1.29, 1.82) is 0 Å². The number of para-hydroxylation sites is 1. The lowest BCUT2D eigenvalue weighted by molar-refractivity contribution is 0.102.